The number of likely N-dealkylation sites (tertiary alicyclic amines) is 1. The second-order valence-corrected chi connectivity index (χ2v) is 7.68. The molecule has 1 aliphatic rings. The van der Waals surface area contributed by atoms with Crippen LogP contribution in [0.25, 0.3) is 6.08 Å². The van der Waals surface area contributed by atoms with Crippen LogP contribution in [0.3, 0.4) is 0 Å². The predicted molar refractivity (Wildman–Crippen MR) is 108 cm³/mol. The van der Waals surface area contributed by atoms with Crippen molar-refractivity contribution in [1.29, 1.82) is 0 Å². The van der Waals surface area contributed by atoms with Gasteiger partial charge < -0.3 is 4.74 Å². The maximum Gasteiger partial charge on any atom is 0.118 e. The summed E-state index contributed by atoms with van der Waals surface area (Å²) in [7, 11) is 1.70. The summed E-state index contributed by atoms with van der Waals surface area (Å²) in [5.41, 5.74) is 3.98. The van der Waals surface area contributed by atoms with Crippen LogP contribution in [0.5, 0.6) is 5.75 Å². The summed E-state index contributed by atoms with van der Waals surface area (Å²) in [6.45, 7) is 7.83. The van der Waals surface area contributed by atoms with Crippen molar-refractivity contribution in [2.45, 2.75) is 39.0 Å². The monoisotopic (exact) mass is 353 g/mol. The van der Waals surface area contributed by atoms with Crippen LogP contribution >= 0.6 is 0 Å². The summed E-state index contributed by atoms with van der Waals surface area (Å²) in [5, 5.41) is 7.61. The zero-order valence-corrected chi connectivity index (χ0v) is 16.2. The van der Waals surface area contributed by atoms with Crippen LogP contribution in [0, 0.1) is 5.92 Å². The van der Waals surface area contributed by atoms with E-state index in [-0.39, 0.29) is 0 Å². The summed E-state index contributed by atoms with van der Waals surface area (Å²) in [6, 6.07) is 8.20. The summed E-state index contributed by atoms with van der Waals surface area (Å²) in [5.74, 6) is 2.14. The predicted octanol–water partition coefficient (Wildman–Crippen LogP) is 4.51. The Morgan fingerprint density at radius 2 is 2.12 bits per heavy atom. The number of hydrogen-bond donors (Lipinski definition) is 1. The van der Waals surface area contributed by atoms with Crippen molar-refractivity contribution >= 4 is 6.08 Å². The summed E-state index contributed by atoms with van der Waals surface area (Å²) >= 11 is 0. The molecule has 1 fully saturated rings. The Morgan fingerprint density at radius 3 is 2.85 bits per heavy atom. The Hall–Kier alpha value is -2.07. The minimum absolute atomic E-state index is 0.578. The number of methoxy groups -OCH3 is 1. The molecule has 0 saturated carbocycles. The molecule has 1 atom stereocenters. The average Bonchev–Trinajstić information content (AvgIpc) is 3.10. The van der Waals surface area contributed by atoms with E-state index in [4.69, 9.17) is 4.74 Å². The van der Waals surface area contributed by atoms with Gasteiger partial charge in [0.05, 0.1) is 13.3 Å². The van der Waals surface area contributed by atoms with Crippen LogP contribution in [0.15, 0.2) is 36.5 Å². The average molecular weight is 354 g/mol. The molecule has 2 aromatic rings. The Bertz CT molecular complexity index is 702. The molecule has 4 heteroatoms. The lowest BCUT2D eigenvalue weighted by molar-refractivity contribution is 0.225. The Morgan fingerprint density at radius 1 is 1.31 bits per heavy atom. The second kappa shape index (κ2) is 9.04. The quantitative estimate of drug-likeness (QED) is 0.796. The smallest absolute Gasteiger partial charge is 0.118 e. The van der Waals surface area contributed by atoms with Gasteiger partial charge in [0, 0.05) is 24.7 Å². The lowest BCUT2D eigenvalue weighted by atomic mass is 9.90. The zero-order chi connectivity index (χ0) is 18.4. The van der Waals surface area contributed by atoms with Gasteiger partial charge in [0.25, 0.3) is 0 Å². The van der Waals surface area contributed by atoms with E-state index in [9.17, 15) is 0 Å². The van der Waals surface area contributed by atoms with Crippen molar-refractivity contribution in [1.82, 2.24) is 15.1 Å². The number of H-pyrrole nitrogens is 1. The fourth-order valence-electron chi connectivity index (χ4n) is 3.79. The first kappa shape index (κ1) is 18.7. The van der Waals surface area contributed by atoms with E-state index < -0.39 is 0 Å². The number of benzene rings is 1. The third-order valence-corrected chi connectivity index (χ3v) is 5.08. The number of hydrogen-bond acceptors (Lipinski definition) is 3. The number of nitrogens with zero attached hydrogens (tertiary/aromatic N) is 2. The van der Waals surface area contributed by atoms with Gasteiger partial charge in [-0.25, -0.2) is 0 Å². The maximum absolute atomic E-state index is 5.21. The molecule has 4 nitrogen and oxygen atoms in total. The van der Waals surface area contributed by atoms with Crippen LogP contribution in [0.4, 0.5) is 0 Å². The van der Waals surface area contributed by atoms with Crippen molar-refractivity contribution < 1.29 is 4.74 Å². The van der Waals surface area contributed by atoms with E-state index in [0.717, 1.165) is 25.3 Å². The summed E-state index contributed by atoms with van der Waals surface area (Å²) in [6.07, 6.45) is 10.1. The molecule has 26 heavy (non-hydrogen) atoms. The van der Waals surface area contributed by atoms with Crippen molar-refractivity contribution in [3.05, 3.63) is 53.4 Å². The van der Waals surface area contributed by atoms with Gasteiger partial charge in [0.15, 0.2) is 0 Å². The Kier molecular flexibility index (Phi) is 6.51. The van der Waals surface area contributed by atoms with Gasteiger partial charge in [-0.15, -0.1) is 0 Å². The van der Waals surface area contributed by atoms with Crippen LogP contribution in [0.1, 0.15) is 49.4 Å². The number of aromatic nitrogens is 2. The molecule has 1 aromatic carbocycles. The van der Waals surface area contributed by atoms with Crippen molar-refractivity contribution in [3.8, 4) is 5.75 Å². The molecule has 140 valence electrons. The highest BCUT2D eigenvalue weighted by Crippen LogP contribution is 2.28. The van der Waals surface area contributed by atoms with Crippen LogP contribution in [-0.4, -0.2) is 41.8 Å². The number of ether oxygens (including phenoxy) is 1. The van der Waals surface area contributed by atoms with Gasteiger partial charge >= 0.3 is 0 Å². The molecule has 1 aromatic heterocycles. The topological polar surface area (TPSA) is 41.1 Å². The number of rotatable bonds is 7. The summed E-state index contributed by atoms with van der Waals surface area (Å²) < 4.78 is 5.21. The van der Waals surface area contributed by atoms with Crippen molar-refractivity contribution in [3.63, 3.8) is 0 Å². The SMILES string of the molecule is COc1ccc(C=CCN2CCCC(c3[nH]ncc3CC(C)C)C2)cc1. The van der Waals surface area contributed by atoms with E-state index in [1.54, 1.807) is 7.11 Å². The standard InChI is InChI=1S/C22H31N3O/c1-17(2)14-20-15-23-24-22(20)19-7-5-13-25(16-19)12-4-6-18-8-10-21(26-3)11-9-18/h4,6,8-11,15,17,19H,5,7,12-14,16H2,1-3H3,(H,23,24). The van der Waals surface area contributed by atoms with E-state index in [1.165, 1.54) is 36.2 Å². The Balaban J connectivity index is 1.56. The number of aromatic amines is 1. The van der Waals surface area contributed by atoms with Gasteiger partial charge in [-0.3, -0.25) is 10.00 Å². The third kappa shape index (κ3) is 4.98. The fourth-order valence-corrected chi connectivity index (χ4v) is 3.79. The zero-order valence-electron chi connectivity index (χ0n) is 16.2. The third-order valence-electron chi connectivity index (χ3n) is 5.08. The van der Waals surface area contributed by atoms with Crippen molar-refractivity contribution in [2.24, 2.45) is 5.92 Å². The molecule has 1 aliphatic heterocycles. The van der Waals surface area contributed by atoms with Gasteiger partial charge in [-0.2, -0.15) is 5.10 Å². The Labute approximate surface area is 157 Å². The van der Waals surface area contributed by atoms with Gasteiger partial charge in [0.1, 0.15) is 5.75 Å². The summed E-state index contributed by atoms with van der Waals surface area (Å²) in [4.78, 5) is 2.55. The molecule has 0 radical (unpaired) electrons. The highest BCUT2D eigenvalue weighted by molar-refractivity contribution is 5.50. The highest BCUT2D eigenvalue weighted by atomic mass is 16.5. The molecule has 1 unspecified atom stereocenters. The van der Waals surface area contributed by atoms with E-state index in [0.29, 0.717) is 11.8 Å². The molecular weight excluding hydrogens is 322 g/mol. The van der Waals surface area contributed by atoms with Crippen LogP contribution in [-0.2, 0) is 6.42 Å². The van der Waals surface area contributed by atoms with Crippen LogP contribution in [0.2, 0.25) is 0 Å². The van der Waals surface area contributed by atoms with Crippen molar-refractivity contribution in [2.75, 3.05) is 26.7 Å². The molecular formula is C22H31N3O. The molecule has 0 bridgehead atoms. The first-order chi connectivity index (χ1) is 12.7. The number of nitrogens with one attached hydrogen (secondary N) is 1. The normalized spacial score (nSPS) is 18.7. The molecule has 0 spiro atoms. The molecule has 1 saturated heterocycles. The maximum atomic E-state index is 5.21. The minimum Gasteiger partial charge on any atom is -0.497 e. The van der Waals surface area contributed by atoms with Gasteiger partial charge in [-0.1, -0.05) is 38.1 Å². The van der Waals surface area contributed by atoms with Gasteiger partial charge in [-0.05, 0) is 55.0 Å². The number of piperidine rings is 1. The minimum atomic E-state index is 0.578. The molecule has 0 aliphatic carbocycles. The lowest BCUT2D eigenvalue weighted by Gasteiger charge is -2.32. The van der Waals surface area contributed by atoms with E-state index in [1.807, 2.05) is 18.3 Å². The first-order valence-corrected chi connectivity index (χ1v) is 9.70. The largest absolute Gasteiger partial charge is 0.497 e. The molecule has 3 rings (SSSR count). The van der Waals surface area contributed by atoms with Gasteiger partial charge in [0.2, 0.25) is 0 Å². The molecule has 0 amide bonds. The fraction of sp³-hybridized carbons (Fsp3) is 0.500. The lowest BCUT2D eigenvalue weighted by Crippen LogP contribution is -2.34. The molecule has 1 N–H and O–H groups in total. The van der Waals surface area contributed by atoms with Crippen LogP contribution < -0.4 is 4.74 Å². The van der Waals surface area contributed by atoms with E-state index >= 15 is 0 Å². The van der Waals surface area contributed by atoms with E-state index in [2.05, 4.69) is 53.2 Å². The molecule has 2 heterocycles. The first-order valence-electron chi connectivity index (χ1n) is 9.70. The second-order valence-electron chi connectivity index (χ2n) is 7.68. The highest BCUT2D eigenvalue weighted by Gasteiger charge is 2.24.